The van der Waals surface area contributed by atoms with Crippen LogP contribution in [-0.4, -0.2) is 14.8 Å². The first-order valence-corrected chi connectivity index (χ1v) is 6.41. The van der Waals surface area contributed by atoms with Gasteiger partial charge in [-0.05, 0) is 30.3 Å². The van der Waals surface area contributed by atoms with Crippen molar-refractivity contribution in [3.63, 3.8) is 0 Å². The molecule has 0 radical (unpaired) electrons. The third-order valence-electron chi connectivity index (χ3n) is 2.70. The van der Waals surface area contributed by atoms with Crippen LogP contribution in [0, 0.1) is 0 Å². The van der Waals surface area contributed by atoms with Gasteiger partial charge in [-0.1, -0.05) is 41.4 Å². The molecule has 0 spiro atoms. The van der Waals surface area contributed by atoms with Gasteiger partial charge < -0.3 is 0 Å². The number of benzene rings is 2. The van der Waals surface area contributed by atoms with Crippen LogP contribution in [0.2, 0.25) is 10.0 Å². The van der Waals surface area contributed by atoms with Crippen LogP contribution in [-0.2, 0) is 0 Å². The van der Waals surface area contributed by atoms with Crippen LogP contribution >= 0.6 is 23.2 Å². The number of aromatic nitrogens is 3. The van der Waals surface area contributed by atoms with E-state index in [0.29, 0.717) is 15.9 Å². The number of nitrogens with zero attached hydrogens (tertiary/aromatic N) is 3. The minimum absolute atomic E-state index is 0.574. The number of halogens is 2. The molecule has 19 heavy (non-hydrogen) atoms. The molecule has 1 aromatic heterocycles. The summed E-state index contributed by atoms with van der Waals surface area (Å²) in [6.07, 6.45) is 1.67. The van der Waals surface area contributed by atoms with Crippen LogP contribution in [0.15, 0.2) is 54.9 Å². The fourth-order valence-electron chi connectivity index (χ4n) is 1.89. The quantitative estimate of drug-likeness (QED) is 0.706. The van der Waals surface area contributed by atoms with E-state index >= 15 is 0 Å². The monoisotopic (exact) mass is 289 g/mol. The fourth-order valence-corrected chi connectivity index (χ4v) is 2.42. The summed E-state index contributed by atoms with van der Waals surface area (Å²) in [7, 11) is 0. The lowest BCUT2D eigenvalue weighted by Crippen LogP contribution is -1.95. The van der Waals surface area contributed by atoms with Crippen molar-refractivity contribution in [2.45, 2.75) is 0 Å². The van der Waals surface area contributed by atoms with E-state index in [9.17, 15) is 0 Å². The Morgan fingerprint density at radius 1 is 0.895 bits per heavy atom. The highest BCUT2D eigenvalue weighted by atomic mass is 35.5. The second kappa shape index (κ2) is 5.03. The third kappa shape index (κ3) is 2.48. The molecular formula is C14H9Cl2N3. The van der Waals surface area contributed by atoms with Gasteiger partial charge in [0.05, 0.1) is 0 Å². The smallest absolute Gasteiger partial charge is 0.168 e. The molecule has 0 amide bonds. The standard InChI is InChI=1S/C14H9Cl2N3/c15-11-6-10(7-12(16)8-11)14-18-17-9-19(14)13-4-2-1-3-5-13/h1-9H. The van der Waals surface area contributed by atoms with Crippen LogP contribution in [0.1, 0.15) is 0 Å². The molecule has 3 aromatic rings. The second-order valence-corrected chi connectivity index (χ2v) is 4.89. The average molecular weight is 290 g/mol. The maximum Gasteiger partial charge on any atom is 0.168 e. The molecule has 94 valence electrons. The predicted molar refractivity (Wildman–Crippen MR) is 76.8 cm³/mol. The average Bonchev–Trinajstić information content (AvgIpc) is 2.88. The molecule has 2 aromatic carbocycles. The lowest BCUT2D eigenvalue weighted by atomic mass is 10.2. The maximum atomic E-state index is 6.02. The lowest BCUT2D eigenvalue weighted by Gasteiger charge is -2.07. The zero-order valence-electron chi connectivity index (χ0n) is 9.79. The molecule has 0 fully saturated rings. The van der Waals surface area contributed by atoms with Gasteiger partial charge in [-0.15, -0.1) is 10.2 Å². The van der Waals surface area contributed by atoms with E-state index in [0.717, 1.165) is 11.3 Å². The first kappa shape index (κ1) is 12.2. The van der Waals surface area contributed by atoms with Gasteiger partial charge in [0, 0.05) is 21.3 Å². The molecule has 1 heterocycles. The van der Waals surface area contributed by atoms with Crippen LogP contribution < -0.4 is 0 Å². The molecule has 3 nitrogen and oxygen atoms in total. The van der Waals surface area contributed by atoms with Gasteiger partial charge in [-0.25, -0.2) is 0 Å². The molecule has 0 aliphatic rings. The molecule has 0 saturated carbocycles. The molecule has 0 atom stereocenters. The normalized spacial score (nSPS) is 10.6. The van der Waals surface area contributed by atoms with Gasteiger partial charge in [-0.2, -0.15) is 0 Å². The number of rotatable bonds is 2. The van der Waals surface area contributed by atoms with Gasteiger partial charge in [0.25, 0.3) is 0 Å². The topological polar surface area (TPSA) is 30.7 Å². The molecular weight excluding hydrogens is 281 g/mol. The van der Waals surface area contributed by atoms with E-state index in [-0.39, 0.29) is 0 Å². The van der Waals surface area contributed by atoms with Crippen LogP contribution in [0.5, 0.6) is 0 Å². The Morgan fingerprint density at radius 3 is 2.26 bits per heavy atom. The van der Waals surface area contributed by atoms with E-state index in [1.165, 1.54) is 0 Å². The Bertz CT molecular complexity index is 687. The molecule has 0 bridgehead atoms. The highest BCUT2D eigenvalue weighted by molar-refractivity contribution is 6.35. The van der Waals surface area contributed by atoms with Crippen molar-refractivity contribution in [1.82, 2.24) is 14.8 Å². The SMILES string of the molecule is Clc1cc(Cl)cc(-c2nncn2-c2ccccc2)c1. The van der Waals surface area contributed by atoms with Gasteiger partial charge >= 0.3 is 0 Å². The molecule has 3 rings (SSSR count). The van der Waals surface area contributed by atoms with Crippen molar-refractivity contribution in [3.05, 3.63) is 64.9 Å². The Hall–Kier alpha value is -1.84. The van der Waals surface area contributed by atoms with Gasteiger partial charge in [0.1, 0.15) is 6.33 Å². The summed E-state index contributed by atoms with van der Waals surface area (Å²) in [4.78, 5) is 0. The van der Waals surface area contributed by atoms with Gasteiger partial charge in [0.15, 0.2) is 5.82 Å². The molecule has 0 aliphatic heterocycles. The zero-order chi connectivity index (χ0) is 13.2. The van der Waals surface area contributed by atoms with Crippen molar-refractivity contribution in [3.8, 4) is 17.1 Å². The summed E-state index contributed by atoms with van der Waals surface area (Å²) >= 11 is 12.0. The molecule has 0 aliphatic carbocycles. The van der Waals surface area contributed by atoms with Crippen molar-refractivity contribution < 1.29 is 0 Å². The van der Waals surface area contributed by atoms with E-state index < -0.39 is 0 Å². The number of hydrogen-bond acceptors (Lipinski definition) is 2. The molecule has 5 heteroatoms. The Morgan fingerprint density at radius 2 is 1.58 bits per heavy atom. The highest BCUT2D eigenvalue weighted by Gasteiger charge is 2.10. The number of hydrogen-bond donors (Lipinski definition) is 0. The summed E-state index contributed by atoms with van der Waals surface area (Å²) in [5.74, 6) is 0.704. The first-order valence-electron chi connectivity index (χ1n) is 5.66. The van der Waals surface area contributed by atoms with Crippen LogP contribution in [0.4, 0.5) is 0 Å². The molecule has 0 saturated heterocycles. The Balaban J connectivity index is 2.15. The molecule has 0 unspecified atom stereocenters. The van der Waals surface area contributed by atoms with E-state index in [1.807, 2.05) is 47.0 Å². The summed E-state index contributed by atoms with van der Waals surface area (Å²) in [6, 6.07) is 15.2. The minimum atomic E-state index is 0.574. The Labute approximate surface area is 120 Å². The van der Waals surface area contributed by atoms with Crippen molar-refractivity contribution in [2.24, 2.45) is 0 Å². The molecule has 0 N–H and O–H groups in total. The van der Waals surface area contributed by atoms with Gasteiger partial charge in [-0.3, -0.25) is 4.57 Å². The van der Waals surface area contributed by atoms with E-state index in [4.69, 9.17) is 23.2 Å². The summed E-state index contributed by atoms with van der Waals surface area (Å²) in [5, 5.41) is 9.25. The van der Waals surface area contributed by atoms with E-state index in [2.05, 4.69) is 10.2 Å². The second-order valence-electron chi connectivity index (χ2n) is 4.02. The minimum Gasteiger partial charge on any atom is -0.282 e. The lowest BCUT2D eigenvalue weighted by molar-refractivity contribution is 1.06. The van der Waals surface area contributed by atoms with Crippen molar-refractivity contribution in [1.29, 1.82) is 0 Å². The largest absolute Gasteiger partial charge is 0.282 e. The van der Waals surface area contributed by atoms with Crippen molar-refractivity contribution >= 4 is 23.2 Å². The zero-order valence-corrected chi connectivity index (χ0v) is 11.3. The number of para-hydroxylation sites is 1. The highest BCUT2D eigenvalue weighted by Crippen LogP contribution is 2.27. The fraction of sp³-hybridized carbons (Fsp3) is 0. The van der Waals surface area contributed by atoms with E-state index in [1.54, 1.807) is 12.4 Å². The predicted octanol–water partition coefficient (Wildman–Crippen LogP) is 4.24. The first-order chi connectivity index (χ1) is 9.24. The maximum absolute atomic E-state index is 6.02. The Kier molecular flexibility index (Phi) is 3.23. The van der Waals surface area contributed by atoms with Crippen LogP contribution in [0.25, 0.3) is 17.1 Å². The summed E-state index contributed by atoms with van der Waals surface area (Å²) < 4.78 is 1.89. The summed E-state index contributed by atoms with van der Waals surface area (Å²) in [6.45, 7) is 0. The third-order valence-corrected chi connectivity index (χ3v) is 3.14. The van der Waals surface area contributed by atoms with Crippen molar-refractivity contribution in [2.75, 3.05) is 0 Å². The summed E-state index contributed by atoms with van der Waals surface area (Å²) in [5.41, 5.74) is 1.82. The van der Waals surface area contributed by atoms with Crippen LogP contribution in [0.3, 0.4) is 0 Å². The van der Waals surface area contributed by atoms with Gasteiger partial charge in [0.2, 0.25) is 0 Å².